The number of ether oxygens (including phenoxy) is 2. The van der Waals surface area contributed by atoms with E-state index in [0.29, 0.717) is 0 Å². The normalized spacial score (nSPS) is 19.0. The van der Waals surface area contributed by atoms with E-state index in [0.717, 1.165) is 22.2 Å². The first-order valence-electron chi connectivity index (χ1n) is 8.52. The summed E-state index contributed by atoms with van der Waals surface area (Å²) in [6.45, 7) is 0. The lowest BCUT2D eigenvalue weighted by Crippen LogP contribution is -2.60. The van der Waals surface area contributed by atoms with Crippen molar-refractivity contribution in [2.75, 3.05) is 12.0 Å². The molecule has 3 aromatic rings. The Morgan fingerprint density at radius 1 is 0.769 bits per heavy atom. The van der Waals surface area contributed by atoms with Gasteiger partial charge in [0.25, 0.3) is 0 Å². The number of para-hydroxylation sites is 1. The Morgan fingerprint density at radius 2 is 1.38 bits per heavy atom. The zero-order valence-electron chi connectivity index (χ0n) is 14.4. The highest BCUT2D eigenvalue weighted by atomic mass is 32.1. The van der Waals surface area contributed by atoms with Crippen molar-refractivity contribution in [3.63, 3.8) is 0 Å². The molecule has 1 heterocycles. The first-order chi connectivity index (χ1) is 12.8. The molecule has 4 heteroatoms. The van der Waals surface area contributed by atoms with Crippen molar-refractivity contribution < 1.29 is 9.47 Å². The van der Waals surface area contributed by atoms with Crippen molar-refractivity contribution in [2.45, 2.75) is 12.1 Å². The molecule has 3 aromatic carbocycles. The number of benzene rings is 3. The molecule has 1 aliphatic heterocycles. The van der Waals surface area contributed by atoms with Gasteiger partial charge in [-0.1, -0.05) is 60.7 Å². The van der Waals surface area contributed by atoms with Crippen LogP contribution in [0, 0.1) is 0 Å². The zero-order valence-corrected chi connectivity index (χ0v) is 15.2. The third-order valence-electron chi connectivity index (χ3n) is 4.54. The molecule has 1 fully saturated rings. The molecule has 0 bridgehead atoms. The highest BCUT2D eigenvalue weighted by molar-refractivity contribution is 7.80. The van der Waals surface area contributed by atoms with Crippen LogP contribution in [-0.2, 0) is 0 Å². The topological polar surface area (TPSA) is 21.7 Å². The van der Waals surface area contributed by atoms with Gasteiger partial charge in [-0.25, -0.2) is 0 Å². The molecule has 1 aliphatic rings. The summed E-state index contributed by atoms with van der Waals surface area (Å²) in [6.07, 6.45) is -0.170. The van der Waals surface area contributed by atoms with E-state index in [-0.39, 0.29) is 12.1 Å². The van der Waals surface area contributed by atoms with Crippen molar-refractivity contribution in [3.8, 4) is 11.5 Å². The van der Waals surface area contributed by atoms with Crippen LogP contribution in [0.1, 0.15) is 11.6 Å². The molecule has 0 radical (unpaired) electrons. The summed E-state index contributed by atoms with van der Waals surface area (Å²) in [5.74, 6) is 1.66. The summed E-state index contributed by atoms with van der Waals surface area (Å²) >= 11 is 5.72. The second kappa shape index (κ2) is 7.18. The van der Waals surface area contributed by atoms with E-state index in [1.165, 1.54) is 5.56 Å². The zero-order chi connectivity index (χ0) is 17.9. The molecular weight excluding hydrogens is 342 g/mol. The first kappa shape index (κ1) is 16.6. The molecule has 0 aromatic heterocycles. The van der Waals surface area contributed by atoms with Gasteiger partial charge in [0.1, 0.15) is 22.5 Å². The molecule has 0 spiro atoms. The molecule has 3 nitrogen and oxygen atoms in total. The molecular formula is C22H19NO2S. The summed E-state index contributed by atoms with van der Waals surface area (Å²) in [7, 11) is 1.67. The van der Waals surface area contributed by atoms with Gasteiger partial charge in [0.05, 0.1) is 7.11 Å². The largest absolute Gasteiger partial charge is 0.497 e. The van der Waals surface area contributed by atoms with Gasteiger partial charge in [-0.2, -0.15) is 0 Å². The van der Waals surface area contributed by atoms with E-state index in [1.807, 2.05) is 72.8 Å². The van der Waals surface area contributed by atoms with Gasteiger partial charge in [-0.3, -0.25) is 0 Å². The molecule has 0 N–H and O–H groups in total. The van der Waals surface area contributed by atoms with Crippen LogP contribution in [0.15, 0.2) is 84.9 Å². The van der Waals surface area contributed by atoms with Gasteiger partial charge in [0.15, 0.2) is 6.10 Å². The molecule has 1 unspecified atom stereocenters. The first-order valence-corrected chi connectivity index (χ1v) is 8.92. The van der Waals surface area contributed by atoms with Crippen LogP contribution in [0.25, 0.3) is 0 Å². The van der Waals surface area contributed by atoms with E-state index < -0.39 is 0 Å². The number of nitrogens with zero attached hydrogens (tertiary/aromatic N) is 1. The van der Waals surface area contributed by atoms with Crippen molar-refractivity contribution in [2.24, 2.45) is 0 Å². The third-order valence-corrected chi connectivity index (χ3v) is 4.97. The van der Waals surface area contributed by atoms with E-state index in [9.17, 15) is 0 Å². The van der Waals surface area contributed by atoms with Crippen LogP contribution in [0.2, 0.25) is 0 Å². The predicted octanol–water partition coefficient (Wildman–Crippen LogP) is 5.03. The Morgan fingerprint density at radius 3 is 2.00 bits per heavy atom. The third kappa shape index (κ3) is 3.04. The van der Waals surface area contributed by atoms with E-state index >= 15 is 0 Å². The van der Waals surface area contributed by atoms with E-state index in [2.05, 4.69) is 17.0 Å². The summed E-state index contributed by atoms with van der Waals surface area (Å²) in [4.78, 5) is 2.94. The molecule has 0 saturated carbocycles. The summed E-state index contributed by atoms with van der Waals surface area (Å²) in [5, 5.41) is 0. The van der Waals surface area contributed by atoms with Crippen LogP contribution in [-0.4, -0.2) is 18.2 Å². The molecule has 1 saturated heterocycles. The summed E-state index contributed by atoms with van der Waals surface area (Å²) < 4.78 is 11.5. The fourth-order valence-electron chi connectivity index (χ4n) is 3.23. The van der Waals surface area contributed by atoms with Gasteiger partial charge in [-0.15, -0.1) is 0 Å². The maximum absolute atomic E-state index is 6.22. The molecule has 4 rings (SSSR count). The SMILES string of the molecule is COc1ccc(N2C(=S)[C@H](Oc3ccccc3)C2c2ccccc2)cc1. The lowest BCUT2D eigenvalue weighted by Gasteiger charge is -2.49. The minimum absolute atomic E-state index is 0.0392. The van der Waals surface area contributed by atoms with Gasteiger partial charge in [0, 0.05) is 5.69 Å². The molecule has 26 heavy (non-hydrogen) atoms. The second-order valence-electron chi connectivity index (χ2n) is 6.11. The van der Waals surface area contributed by atoms with E-state index in [4.69, 9.17) is 21.7 Å². The second-order valence-corrected chi connectivity index (χ2v) is 6.53. The van der Waals surface area contributed by atoms with Gasteiger partial charge >= 0.3 is 0 Å². The number of anilines is 1. The van der Waals surface area contributed by atoms with Crippen molar-refractivity contribution in [1.82, 2.24) is 0 Å². The Hall–Kier alpha value is -2.85. The Labute approximate surface area is 158 Å². The van der Waals surface area contributed by atoms with Crippen LogP contribution >= 0.6 is 12.2 Å². The van der Waals surface area contributed by atoms with Gasteiger partial charge < -0.3 is 14.4 Å². The summed E-state index contributed by atoms with van der Waals surface area (Å²) in [5.41, 5.74) is 2.22. The maximum Gasteiger partial charge on any atom is 0.174 e. The fraction of sp³-hybridized carbons (Fsp3) is 0.136. The van der Waals surface area contributed by atoms with Crippen molar-refractivity contribution in [3.05, 3.63) is 90.5 Å². The standard InChI is InChI=1S/C22H19NO2S/c1-24-18-14-12-17(13-15-18)23-20(16-8-4-2-5-9-16)21(22(23)26)25-19-10-6-3-7-11-19/h2-15,20-21H,1H3/t20?,21-/m1/s1. The molecule has 130 valence electrons. The van der Waals surface area contributed by atoms with Crippen molar-refractivity contribution >= 4 is 22.9 Å². The van der Waals surface area contributed by atoms with Crippen LogP contribution < -0.4 is 14.4 Å². The highest BCUT2D eigenvalue weighted by Gasteiger charge is 2.47. The average Bonchev–Trinajstić information content (AvgIpc) is 2.71. The molecule has 2 atom stereocenters. The number of rotatable bonds is 5. The predicted molar refractivity (Wildman–Crippen MR) is 108 cm³/mol. The maximum atomic E-state index is 6.22. The molecule has 0 aliphatic carbocycles. The van der Waals surface area contributed by atoms with Crippen molar-refractivity contribution in [1.29, 1.82) is 0 Å². The Balaban J connectivity index is 1.66. The van der Waals surface area contributed by atoms with Crippen LogP contribution in [0.3, 0.4) is 0 Å². The Bertz CT molecular complexity index is 881. The van der Waals surface area contributed by atoms with E-state index in [1.54, 1.807) is 7.11 Å². The van der Waals surface area contributed by atoms with Gasteiger partial charge in [-0.05, 0) is 42.0 Å². The minimum atomic E-state index is -0.170. The Kier molecular flexibility index (Phi) is 4.59. The lowest BCUT2D eigenvalue weighted by molar-refractivity contribution is 0.207. The molecule has 0 amide bonds. The lowest BCUT2D eigenvalue weighted by atomic mass is 9.90. The van der Waals surface area contributed by atoms with Gasteiger partial charge in [0.2, 0.25) is 0 Å². The fourth-order valence-corrected chi connectivity index (χ4v) is 3.62. The number of methoxy groups -OCH3 is 1. The highest BCUT2D eigenvalue weighted by Crippen LogP contribution is 2.42. The minimum Gasteiger partial charge on any atom is -0.497 e. The van der Waals surface area contributed by atoms with Crippen LogP contribution in [0.5, 0.6) is 11.5 Å². The van der Waals surface area contributed by atoms with Crippen LogP contribution in [0.4, 0.5) is 5.69 Å². The summed E-state index contributed by atoms with van der Waals surface area (Å²) in [6, 6.07) is 28.2. The monoisotopic (exact) mass is 361 g/mol. The number of hydrogen-bond donors (Lipinski definition) is 0. The average molecular weight is 361 g/mol. The number of thiocarbonyl (C=S) groups is 1. The quantitative estimate of drug-likeness (QED) is 0.594. The smallest absolute Gasteiger partial charge is 0.174 e. The number of hydrogen-bond acceptors (Lipinski definition) is 3.